The molecule has 174 valence electrons. The van der Waals surface area contributed by atoms with Crippen LogP contribution in [0.3, 0.4) is 0 Å². The van der Waals surface area contributed by atoms with E-state index in [4.69, 9.17) is 4.74 Å². The molecule has 0 aromatic rings. The molecule has 0 spiro atoms. The molecule has 0 unspecified atom stereocenters. The molecule has 0 radical (unpaired) electrons. The second kappa shape index (κ2) is 17.5. The summed E-state index contributed by atoms with van der Waals surface area (Å²) in [7, 11) is 4.09. The third-order valence-corrected chi connectivity index (χ3v) is 6.07. The highest BCUT2D eigenvalue weighted by atomic mass is 16.6. The van der Waals surface area contributed by atoms with Gasteiger partial charge in [-0.15, -0.1) is 0 Å². The van der Waals surface area contributed by atoms with Gasteiger partial charge in [0.2, 0.25) is 0 Å². The van der Waals surface area contributed by atoms with Gasteiger partial charge in [-0.05, 0) is 65.5 Å². The summed E-state index contributed by atoms with van der Waals surface area (Å²) in [5.74, 6) is -0.149. The van der Waals surface area contributed by atoms with Gasteiger partial charge in [-0.25, -0.2) is 0 Å². The number of hydrogen-bond acceptors (Lipinski definition) is 4. The summed E-state index contributed by atoms with van der Waals surface area (Å²) in [4.78, 5) is 14.3. The smallest absolute Gasteiger partial charge is 0.306 e. The Morgan fingerprint density at radius 3 is 2.23 bits per heavy atom. The molecule has 0 saturated heterocycles. The zero-order chi connectivity index (χ0) is 22.0. The zero-order valence-corrected chi connectivity index (χ0v) is 19.9. The second-order valence-electron chi connectivity index (χ2n) is 9.01. The maximum atomic E-state index is 12.1. The lowest BCUT2D eigenvalue weighted by atomic mass is 9.90. The minimum absolute atomic E-state index is 0.149. The molecular weight excluding hydrogens is 374 g/mol. The topological polar surface area (TPSA) is 49.8 Å². The van der Waals surface area contributed by atoms with E-state index < -0.39 is 6.10 Å². The number of unbranched alkanes of at least 4 members (excludes halogenated alkanes) is 8. The van der Waals surface area contributed by atoms with Crippen LogP contribution in [-0.2, 0) is 9.53 Å². The van der Waals surface area contributed by atoms with Crippen LogP contribution in [-0.4, -0.2) is 48.3 Å². The Labute approximate surface area is 185 Å². The van der Waals surface area contributed by atoms with E-state index in [9.17, 15) is 9.90 Å². The maximum absolute atomic E-state index is 12.1. The van der Waals surface area contributed by atoms with Crippen molar-refractivity contribution < 1.29 is 14.6 Å². The van der Waals surface area contributed by atoms with Crippen molar-refractivity contribution in [3.63, 3.8) is 0 Å². The number of esters is 1. The summed E-state index contributed by atoms with van der Waals surface area (Å²) in [5, 5.41) is 10.1. The molecule has 4 nitrogen and oxygen atoms in total. The summed E-state index contributed by atoms with van der Waals surface area (Å²) in [6.07, 6.45) is 24.1. The predicted octanol–water partition coefficient (Wildman–Crippen LogP) is 6.19. The largest absolute Gasteiger partial charge is 0.460 e. The monoisotopic (exact) mass is 421 g/mol. The Balaban J connectivity index is 1.97. The highest BCUT2D eigenvalue weighted by molar-refractivity contribution is 5.69. The minimum atomic E-state index is -0.505. The molecule has 0 aromatic carbocycles. The highest BCUT2D eigenvalue weighted by Gasteiger charge is 2.32. The lowest BCUT2D eigenvalue weighted by molar-refractivity contribution is -0.159. The summed E-state index contributed by atoms with van der Waals surface area (Å²) in [6, 6.07) is 0.391. The van der Waals surface area contributed by atoms with E-state index in [0.29, 0.717) is 18.9 Å². The summed E-state index contributed by atoms with van der Waals surface area (Å²) < 4.78 is 5.57. The van der Waals surface area contributed by atoms with Crippen molar-refractivity contribution >= 4 is 5.97 Å². The van der Waals surface area contributed by atoms with E-state index in [0.717, 1.165) is 38.5 Å². The number of aliphatic hydroxyl groups is 1. The average Bonchev–Trinajstić information content (AvgIpc) is 2.72. The van der Waals surface area contributed by atoms with Gasteiger partial charge in [-0.1, -0.05) is 63.3 Å². The zero-order valence-electron chi connectivity index (χ0n) is 19.9. The Kier molecular flexibility index (Phi) is 15.7. The van der Waals surface area contributed by atoms with Crippen molar-refractivity contribution in [2.45, 2.75) is 121 Å². The first kappa shape index (κ1) is 26.9. The Morgan fingerprint density at radius 1 is 0.933 bits per heavy atom. The van der Waals surface area contributed by atoms with Gasteiger partial charge in [0.15, 0.2) is 0 Å². The Morgan fingerprint density at radius 2 is 1.57 bits per heavy atom. The minimum Gasteiger partial charge on any atom is -0.460 e. The van der Waals surface area contributed by atoms with Crippen LogP contribution in [0.25, 0.3) is 0 Å². The molecule has 1 saturated carbocycles. The molecule has 1 aliphatic carbocycles. The number of nitrogens with zero attached hydrogens (tertiary/aromatic N) is 1. The fraction of sp³-hybridized carbons (Fsp3) is 0.808. The first-order valence-corrected chi connectivity index (χ1v) is 12.4. The van der Waals surface area contributed by atoms with Crippen LogP contribution in [0.2, 0.25) is 0 Å². The van der Waals surface area contributed by atoms with Crippen LogP contribution in [0.15, 0.2) is 24.3 Å². The first-order chi connectivity index (χ1) is 14.5. The molecule has 0 aliphatic heterocycles. The maximum Gasteiger partial charge on any atom is 0.306 e. The van der Waals surface area contributed by atoms with Crippen LogP contribution < -0.4 is 0 Å². The summed E-state index contributed by atoms with van der Waals surface area (Å²) in [5.41, 5.74) is 0. The number of carbonyl (C=O) groups excluding carboxylic acids is 1. The van der Waals surface area contributed by atoms with Crippen molar-refractivity contribution in [3.8, 4) is 0 Å². The molecule has 1 rings (SSSR count). The number of ether oxygens (including phenoxy) is 1. The number of hydrogen-bond donors (Lipinski definition) is 1. The van der Waals surface area contributed by atoms with Gasteiger partial charge in [0.1, 0.15) is 6.10 Å². The quantitative estimate of drug-likeness (QED) is 0.183. The molecule has 30 heavy (non-hydrogen) atoms. The van der Waals surface area contributed by atoms with Crippen molar-refractivity contribution in [3.05, 3.63) is 24.3 Å². The Bertz CT molecular complexity index is 487. The first-order valence-electron chi connectivity index (χ1n) is 12.4. The normalized spacial score (nSPS) is 22.4. The molecule has 1 fully saturated rings. The number of aliphatic hydroxyl groups excluding tert-OH is 1. The van der Waals surface area contributed by atoms with Gasteiger partial charge >= 0.3 is 5.97 Å². The van der Waals surface area contributed by atoms with Gasteiger partial charge in [0.05, 0.1) is 6.10 Å². The van der Waals surface area contributed by atoms with Crippen molar-refractivity contribution in [1.82, 2.24) is 4.90 Å². The third kappa shape index (κ3) is 13.2. The number of allylic oxidation sites excluding steroid dienone is 4. The van der Waals surface area contributed by atoms with E-state index in [2.05, 4.69) is 36.1 Å². The fourth-order valence-corrected chi connectivity index (χ4v) is 4.00. The highest BCUT2D eigenvalue weighted by Crippen LogP contribution is 2.25. The van der Waals surface area contributed by atoms with E-state index >= 15 is 0 Å². The molecule has 1 aliphatic rings. The molecule has 0 bridgehead atoms. The lowest BCUT2D eigenvalue weighted by Gasteiger charge is -2.36. The van der Waals surface area contributed by atoms with Crippen LogP contribution in [0.5, 0.6) is 0 Å². The van der Waals surface area contributed by atoms with Crippen LogP contribution in [0, 0.1) is 0 Å². The molecule has 0 aromatic heterocycles. The molecule has 0 heterocycles. The molecule has 1 N–H and O–H groups in total. The van der Waals surface area contributed by atoms with Crippen molar-refractivity contribution in [2.75, 3.05) is 14.1 Å². The van der Waals surface area contributed by atoms with E-state index in [1.165, 1.54) is 44.9 Å². The summed E-state index contributed by atoms with van der Waals surface area (Å²) in [6.45, 7) is 2.24. The SMILES string of the molecule is CCCCC/C=C\C/C=C\CCCCCCCC(=O)O[C@@H]1C[C@H](N(C)C)CC[C@@H]1O. The number of rotatable bonds is 16. The van der Waals surface area contributed by atoms with E-state index in [-0.39, 0.29) is 12.1 Å². The van der Waals surface area contributed by atoms with E-state index in [1.807, 2.05) is 14.1 Å². The molecule has 0 amide bonds. The summed E-state index contributed by atoms with van der Waals surface area (Å²) >= 11 is 0. The lowest BCUT2D eigenvalue weighted by Crippen LogP contribution is -2.44. The van der Waals surface area contributed by atoms with Crippen LogP contribution >= 0.6 is 0 Å². The second-order valence-corrected chi connectivity index (χ2v) is 9.01. The van der Waals surface area contributed by atoms with Gasteiger partial charge in [0.25, 0.3) is 0 Å². The van der Waals surface area contributed by atoms with Gasteiger partial charge < -0.3 is 14.7 Å². The van der Waals surface area contributed by atoms with Gasteiger partial charge in [-0.3, -0.25) is 4.79 Å². The third-order valence-electron chi connectivity index (χ3n) is 6.07. The molecule has 3 atom stereocenters. The number of carbonyl (C=O) groups is 1. The van der Waals surface area contributed by atoms with Crippen molar-refractivity contribution in [1.29, 1.82) is 0 Å². The fourth-order valence-electron chi connectivity index (χ4n) is 4.00. The van der Waals surface area contributed by atoms with Crippen molar-refractivity contribution in [2.24, 2.45) is 0 Å². The Hall–Kier alpha value is -1.13. The average molecular weight is 422 g/mol. The van der Waals surface area contributed by atoms with Crippen LogP contribution in [0.1, 0.15) is 103 Å². The predicted molar refractivity (Wildman–Crippen MR) is 127 cm³/mol. The molecular formula is C26H47NO3. The van der Waals surface area contributed by atoms with Gasteiger partial charge in [0, 0.05) is 18.9 Å². The van der Waals surface area contributed by atoms with Crippen LogP contribution in [0.4, 0.5) is 0 Å². The van der Waals surface area contributed by atoms with Gasteiger partial charge in [-0.2, -0.15) is 0 Å². The standard InChI is InChI=1S/C26H47NO3/c1-4-5-6-7-8-9-10-11-12-13-14-15-16-17-18-19-26(29)30-25-22-23(27(2)3)20-21-24(25)28/h8-9,11-12,23-25,28H,4-7,10,13-22H2,1-3H3/b9-8-,12-11-/t23-,24+,25-/m1/s1. The van der Waals surface area contributed by atoms with E-state index in [1.54, 1.807) is 0 Å². The molecule has 4 heteroatoms.